The molecule has 1 amide bonds. The number of amides is 1. The van der Waals surface area contributed by atoms with E-state index in [0.29, 0.717) is 6.54 Å². The number of carbonyl (C=O) groups is 1. The lowest BCUT2D eigenvalue weighted by atomic mass is 9.99. The van der Waals surface area contributed by atoms with Crippen LogP contribution in [0, 0.1) is 0 Å². The lowest BCUT2D eigenvalue weighted by Crippen LogP contribution is -2.27. The highest BCUT2D eigenvalue weighted by molar-refractivity contribution is 6.00. The third kappa shape index (κ3) is 4.43. The Bertz CT molecular complexity index is 579. The molecular weight excluding hydrogens is 260 g/mol. The second-order valence-electron chi connectivity index (χ2n) is 5.32. The molecule has 0 spiro atoms. The van der Waals surface area contributed by atoms with Gasteiger partial charge in [0.25, 0.3) is 5.91 Å². The molecule has 0 fully saturated rings. The fourth-order valence-corrected chi connectivity index (χ4v) is 2.24. The number of benzene rings is 2. The summed E-state index contributed by atoms with van der Waals surface area (Å²) < 4.78 is 0. The van der Waals surface area contributed by atoms with Crippen molar-refractivity contribution in [2.45, 2.75) is 6.42 Å². The molecule has 0 aliphatic heterocycles. The Morgan fingerprint density at radius 3 is 2.38 bits per heavy atom. The fraction of sp³-hybridized carbons (Fsp3) is 0.278. The zero-order chi connectivity index (χ0) is 15.1. The third-order valence-electron chi connectivity index (χ3n) is 3.32. The van der Waals surface area contributed by atoms with E-state index in [-0.39, 0.29) is 5.91 Å². The normalized spacial score (nSPS) is 10.6. The highest BCUT2D eigenvalue weighted by atomic mass is 16.1. The van der Waals surface area contributed by atoms with Crippen molar-refractivity contribution < 1.29 is 4.79 Å². The standard InChI is InChI=1S/C18H22N2O/c1-20(2)14-8-13-19-18(21)17-12-7-6-11-16(17)15-9-4-3-5-10-15/h3-7,9-12H,8,13-14H2,1-2H3,(H,19,21). The van der Waals surface area contributed by atoms with Gasteiger partial charge in [-0.1, -0.05) is 48.5 Å². The highest BCUT2D eigenvalue weighted by Gasteiger charge is 2.11. The predicted molar refractivity (Wildman–Crippen MR) is 87.4 cm³/mol. The molecule has 0 saturated heterocycles. The first-order valence-corrected chi connectivity index (χ1v) is 7.26. The summed E-state index contributed by atoms with van der Waals surface area (Å²) in [7, 11) is 4.07. The van der Waals surface area contributed by atoms with Crippen molar-refractivity contribution in [2.24, 2.45) is 0 Å². The van der Waals surface area contributed by atoms with Gasteiger partial charge in [-0.05, 0) is 44.3 Å². The molecular formula is C18H22N2O. The number of hydrogen-bond donors (Lipinski definition) is 1. The zero-order valence-electron chi connectivity index (χ0n) is 12.7. The molecule has 0 radical (unpaired) electrons. The van der Waals surface area contributed by atoms with E-state index < -0.39 is 0 Å². The Morgan fingerprint density at radius 2 is 1.67 bits per heavy atom. The van der Waals surface area contributed by atoms with E-state index in [0.717, 1.165) is 29.7 Å². The van der Waals surface area contributed by atoms with Gasteiger partial charge in [0.1, 0.15) is 0 Å². The third-order valence-corrected chi connectivity index (χ3v) is 3.32. The molecule has 0 aliphatic rings. The van der Waals surface area contributed by atoms with Gasteiger partial charge in [0.05, 0.1) is 0 Å². The summed E-state index contributed by atoms with van der Waals surface area (Å²) in [6, 6.07) is 17.7. The minimum Gasteiger partial charge on any atom is -0.352 e. The van der Waals surface area contributed by atoms with Crippen molar-refractivity contribution in [1.29, 1.82) is 0 Å². The first-order valence-electron chi connectivity index (χ1n) is 7.26. The van der Waals surface area contributed by atoms with Crippen LogP contribution in [0.2, 0.25) is 0 Å². The van der Waals surface area contributed by atoms with Crippen LogP contribution in [0.15, 0.2) is 54.6 Å². The van der Waals surface area contributed by atoms with Crippen molar-refractivity contribution in [1.82, 2.24) is 10.2 Å². The van der Waals surface area contributed by atoms with Crippen LogP contribution in [0.4, 0.5) is 0 Å². The summed E-state index contributed by atoms with van der Waals surface area (Å²) in [6.07, 6.45) is 0.951. The first-order chi connectivity index (χ1) is 10.2. The van der Waals surface area contributed by atoms with Crippen molar-refractivity contribution in [3.05, 3.63) is 60.2 Å². The van der Waals surface area contributed by atoms with Crippen LogP contribution in [0.1, 0.15) is 16.8 Å². The van der Waals surface area contributed by atoms with Crippen molar-refractivity contribution in [3.8, 4) is 11.1 Å². The molecule has 110 valence electrons. The lowest BCUT2D eigenvalue weighted by molar-refractivity contribution is 0.0953. The molecule has 0 heterocycles. The van der Waals surface area contributed by atoms with E-state index in [1.165, 1.54) is 0 Å². The number of nitrogens with one attached hydrogen (secondary N) is 1. The molecule has 0 aromatic heterocycles. The topological polar surface area (TPSA) is 32.3 Å². The van der Waals surface area contributed by atoms with Gasteiger partial charge in [-0.2, -0.15) is 0 Å². The smallest absolute Gasteiger partial charge is 0.251 e. The minimum atomic E-state index is -0.00629. The average Bonchev–Trinajstić information content (AvgIpc) is 2.52. The van der Waals surface area contributed by atoms with Gasteiger partial charge < -0.3 is 10.2 Å². The van der Waals surface area contributed by atoms with Crippen LogP contribution >= 0.6 is 0 Å². The zero-order valence-corrected chi connectivity index (χ0v) is 12.7. The Morgan fingerprint density at radius 1 is 1.00 bits per heavy atom. The van der Waals surface area contributed by atoms with Crippen molar-refractivity contribution in [2.75, 3.05) is 27.2 Å². The van der Waals surface area contributed by atoms with Crippen LogP contribution in [0.3, 0.4) is 0 Å². The Hall–Kier alpha value is -2.13. The van der Waals surface area contributed by atoms with E-state index in [4.69, 9.17) is 0 Å². The summed E-state index contributed by atoms with van der Waals surface area (Å²) in [4.78, 5) is 14.5. The van der Waals surface area contributed by atoms with Crippen LogP contribution < -0.4 is 5.32 Å². The number of hydrogen-bond acceptors (Lipinski definition) is 2. The van der Waals surface area contributed by atoms with E-state index in [9.17, 15) is 4.79 Å². The molecule has 2 aromatic carbocycles. The Kier molecular flexibility index (Phi) is 5.52. The van der Waals surface area contributed by atoms with Crippen molar-refractivity contribution in [3.63, 3.8) is 0 Å². The van der Waals surface area contributed by atoms with Gasteiger partial charge in [0.15, 0.2) is 0 Å². The van der Waals surface area contributed by atoms with E-state index in [1.54, 1.807) is 0 Å². The number of carbonyl (C=O) groups excluding carboxylic acids is 1. The molecule has 2 rings (SSSR count). The summed E-state index contributed by atoms with van der Waals surface area (Å²) in [5.41, 5.74) is 2.77. The van der Waals surface area contributed by atoms with Gasteiger partial charge in [0.2, 0.25) is 0 Å². The summed E-state index contributed by atoms with van der Waals surface area (Å²) in [5.74, 6) is -0.00629. The van der Waals surface area contributed by atoms with E-state index >= 15 is 0 Å². The highest BCUT2D eigenvalue weighted by Crippen LogP contribution is 2.23. The van der Waals surface area contributed by atoms with E-state index in [1.807, 2.05) is 68.7 Å². The molecule has 0 saturated carbocycles. The molecule has 3 nitrogen and oxygen atoms in total. The minimum absolute atomic E-state index is 0.00629. The van der Waals surface area contributed by atoms with Gasteiger partial charge in [0, 0.05) is 12.1 Å². The van der Waals surface area contributed by atoms with Crippen LogP contribution in [0.5, 0.6) is 0 Å². The molecule has 21 heavy (non-hydrogen) atoms. The molecule has 0 bridgehead atoms. The maximum absolute atomic E-state index is 12.4. The number of nitrogens with zero attached hydrogens (tertiary/aromatic N) is 1. The average molecular weight is 282 g/mol. The van der Waals surface area contributed by atoms with Crippen molar-refractivity contribution >= 4 is 5.91 Å². The summed E-state index contributed by atoms with van der Waals surface area (Å²) >= 11 is 0. The van der Waals surface area contributed by atoms with Gasteiger partial charge in [-0.3, -0.25) is 4.79 Å². The Balaban J connectivity index is 2.08. The largest absolute Gasteiger partial charge is 0.352 e. The van der Waals surface area contributed by atoms with Gasteiger partial charge >= 0.3 is 0 Å². The van der Waals surface area contributed by atoms with Gasteiger partial charge in [-0.25, -0.2) is 0 Å². The van der Waals surface area contributed by atoms with Crippen LogP contribution in [-0.4, -0.2) is 38.0 Å². The molecule has 3 heteroatoms. The molecule has 0 aliphatic carbocycles. The summed E-state index contributed by atoms with van der Waals surface area (Å²) in [5, 5.41) is 3.00. The molecule has 1 N–H and O–H groups in total. The second kappa shape index (κ2) is 7.60. The fourth-order valence-electron chi connectivity index (χ4n) is 2.24. The Labute approximate surface area is 126 Å². The van der Waals surface area contributed by atoms with Crippen LogP contribution in [-0.2, 0) is 0 Å². The number of rotatable bonds is 6. The maximum Gasteiger partial charge on any atom is 0.251 e. The van der Waals surface area contributed by atoms with Gasteiger partial charge in [-0.15, -0.1) is 0 Å². The van der Waals surface area contributed by atoms with Crippen LogP contribution in [0.25, 0.3) is 11.1 Å². The first kappa shape index (κ1) is 15.3. The maximum atomic E-state index is 12.4. The second-order valence-corrected chi connectivity index (χ2v) is 5.32. The molecule has 0 atom stereocenters. The summed E-state index contributed by atoms with van der Waals surface area (Å²) in [6.45, 7) is 1.67. The molecule has 0 unspecified atom stereocenters. The SMILES string of the molecule is CN(C)CCCNC(=O)c1ccccc1-c1ccccc1. The predicted octanol–water partition coefficient (Wildman–Crippen LogP) is 3.04. The molecule has 2 aromatic rings. The lowest BCUT2D eigenvalue weighted by Gasteiger charge is -2.12. The van der Waals surface area contributed by atoms with E-state index in [2.05, 4.69) is 10.2 Å². The quantitative estimate of drug-likeness (QED) is 0.826. The monoisotopic (exact) mass is 282 g/mol.